The fourth-order valence-electron chi connectivity index (χ4n) is 3.64. The molecule has 0 radical (unpaired) electrons. The van der Waals surface area contributed by atoms with Crippen LogP contribution < -0.4 is 11.5 Å². The average molecular weight is 782 g/mol. The molecule has 0 spiro atoms. The van der Waals surface area contributed by atoms with E-state index in [0.717, 1.165) is 16.8 Å². The standard InChI is InChI=1S/C23H18FI3N4O2/c1-29-21(20(25)14-5-3-2-4-6-14)18-12-11-17(13-19(18)31(27)23(29)33)30(26)22(32)28-16-9-7-15(24)8-10-16/h2-13,20-21H,1H3,(H,28,32). The molecule has 6 nitrogen and oxygen atoms in total. The second-order valence-corrected chi connectivity index (χ2v) is 10.7. The molecule has 33 heavy (non-hydrogen) atoms. The monoisotopic (exact) mass is 782 g/mol. The third kappa shape index (κ3) is 5.06. The van der Waals surface area contributed by atoms with Crippen molar-refractivity contribution in [3.63, 3.8) is 0 Å². The first-order valence-electron chi connectivity index (χ1n) is 9.86. The third-order valence-electron chi connectivity index (χ3n) is 5.33. The lowest BCUT2D eigenvalue weighted by atomic mass is 9.94. The second-order valence-electron chi connectivity index (χ2n) is 7.39. The van der Waals surface area contributed by atoms with E-state index in [1.165, 1.54) is 27.4 Å². The Bertz CT molecular complexity index is 1180. The number of amides is 4. The van der Waals surface area contributed by atoms with Crippen molar-refractivity contribution >= 4 is 97.4 Å². The quantitative estimate of drug-likeness (QED) is 0.168. The van der Waals surface area contributed by atoms with Gasteiger partial charge in [0.25, 0.3) is 0 Å². The highest BCUT2D eigenvalue weighted by molar-refractivity contribution is 14.1. The first-order chi connectivity index (χ1) is 15.8. The van der Waals surface area contributed by atoms with E-state index in [-0.39, 0.29) is 27.8 Å². The Balaban J connectivity index is 1.64. The van der Waals surface area contributed by atoms with Gasteiger partial charge in [-0.2, -0.15) is 0 Å². The van der Waals surface area contributed by atoms with Gasteiger partial charge in [-0.25, -0.2) is 20.2 Å². The van der Waals surface area contributed by atoms with E-state index in [0.29, 0.717) is 11.4 Å². The van der Waals surface area contributed by atoms with Crippen molar-refractivity contribution in [3.05, 3.63) is 89.7 Å². The lowest BCUT2D eigenvalue weighted by Crippen LogP contribution is -2.44. The van der Waals surface area contributed by atoms with Gasteiger partial charge in [-0.15, -0.1) is 0 Å². The second kappa shape index (κ2) is 10.3. The zero-order chi connectivity index (χ0) is 23.7. The maximum Gasteiger partial charge on any atom is 0.335 e. The maximum atomic E-state index is 13.1. The SMILES string of the molecule is CN1C(=O)N(I)c2cc(N(I)C(=O)Nc3ccc(F)cc3)ccc2C1C(I)c1ccccc1. The number of fused-ring (bicyclic) bond motifs is 1. The fraction of sp³-hybridized carbons (Fsp3) is 0.130. The van der Waals surface area contributed by atoms with Crippen molar-refractivity contribution in [1.82, 2.24) is 4.90 Å². The number of alkyl halides is 1. The minimum atomic E-state index is -0.381. The summed E-state index contributed by atoms with van der Waals surface area (Å²) < 4.78 is 16.2. The molecule has 4 amide bonds. The number of halogens is 4. The Morgan fingerprint density at radius 2 is 1.76 bits per heavy atom. The highest BCUT2D eigenvalue weighted by atomic mass is 127. The van der Waals surface area contributed by atoms with Gasteiger partial charge in [-0.3, -0.25) is 0 Å². The smallest absolute Gasteiger partial charge is 0.318 e. The summed E-state index contributed by atoms with van der Waals surface area (Å²) in [4.78, 5) is 27.5. The number of anilines is 3. The van der Waals surface area contributed by atoms with Crippen molar-refractivity contribution in [3.8, 4) is 0 Å². The summed E-state index contributed by atoms with van der Waals surface area (Å²) in [5.74, 6) is -0.371. The van der Waals surface area contributed by atoms with Crippen molar-refractivity contribution in [2.45, 2.75) is 9.97 Å². The molecule has 3 aromatic carbocycles. The summed E-state index contributed by atoms with van der Waals surface area (Å²) in [6, 6.07) is 20.7. The van der Waals surface area contributed by atoms with Gasteiger partial charge in [0.1, 0.15) is 5.82 Å². The molecule has 0 aliphatic carbocycles. The van der Waals surface area contributed by atoms with Crippen LogP contribution in [0.15, 0.2) is 72.8 Å². The molecule has 2 unspecified atom stereocenters. The van der Waals surface area contributed by atoms with Crippen LogP contribution >= 0.6 is 68.3 Å². The van der Waals surface area contributed by atoms with Crippen LogP contribution in [0.5, 0.6) is 0 Å². The van der Waals surface area contributed by atoms with Gasteiger partial charge >= 0.3 is 12.1 Å². The summed E-state index contributed by atoms with van der Waals surface area (Å²) in [6.07, 6.45) is 0. The number of carbonyl (C=O) groups excluding carboxylic acids is 2. The Morgan fingerprint density at radius 3 is 2.42 bits per heavy atom. The zero-order valence-electron chi connectivity index (χ0n) is 17.3. The van der Waals surface area contributed by atoms with E-state index in [1.54, 1.807) is 8.01 Å². The van der Waals surface area contributed by atoms with Crippen molar-refractivity contribution in [2.24, 2.45) is 0 Å². The molecule has 10 heteroatoms. The molecule has 170 valence electrons. The number of hydrogen-bond acceptors (Lipinski definition) is 2. The van der Waals surface area contributed by atoms with E-state index in [4.69, 9.17) is 0 Å². The summed E-state index contributed by atoms with van der Waals surface area (Å²) in [5, 5.41) is 2.74. The molecular formula is C23H18FI3N4O2. The molecule has 1 N–H and O–H groups in total. The van der Waals surface area contributed by atoms with Gasteiger partial charge in [0.05, 0.1) is 67.1 Å². The molecule has 1 aliphatic heterocycles. The minimum Gasteiger partial charge on any atom is -0.318 e. The maximum absolute atomic E-state index is 13.1. The molecule has 0 aromatic heterocycles. The number of urea groups is 2. The highest BCUT2D eigenvalue weighted by Gasteiger charge is 2.39. The van der Waals surface area contributed by atoms with Crippen LogP contribution in [0.1, 0.15) is 21.1 Å². The molecule has 0 saturated carbocycles. The topological polar surface area (TPSA) is 55.9 Å². The Hall–Kier alpha value is -1.68. The number of rotatable bonds is 4. The van der Waals surface area contributed by atoms with Gasteiger partial charge in [0.2, 0.25) is 0 Å². The zero-order valence-corrected chi connectivity index (χ0v) is 23.7. The number of carbonyl (C=O) groups is 2. The van der Waals surface area contributed by atoms with Gasteiger partial charge in [-0.05, 0) is 42.0 Å². The number of benzene rings is 3. The predicted octanol–water partition coefficient (Wildman–Crippen LogP) is 7.65. The summed E-state index contributed by atoms with van der Waals surface area (Å²) in [5.41, 5.74) is 3.99. The largest absolute Gasteiger partial charge is 0.335 e. The lowest BCUT2D eigenvalue weighted by molar-refractivity contribution is 0.198. The number of nitrogens with zero attached hydrogens (tertiary/aromatic N) is 3. The molecule has 0 fully saturated rings. The van der Waals surface area contributed by atoms with Crippen molar-refractivity contribution in [1.29, 1.82) is 0 Å². The van der Waals surface area contributed by atoms with Crippen LogP contribution in [-0.2, 0) is 0 Å². The average Bonchev–Trinajstić information content (AvgIpc) is 2.84. The van der Waals surface area contributed by atoms with Crippen molar-refractivity contribution in [2.75, 3.05) is 18.6 Å². The van der Waals surface area contributed by atoms with E-state index in [9.17, 15) is 14.0 Å². The van der Waals surface area contributed by atoms with Gasteiger partial charge < -0.3 is 10.2 Å². The molecule has 0 saturated heterocycles. The summed E-state index contributed by atoms with van der Waals surface area (Å²) >= 11 is 6.30. The lowest BCUT2D eigenvalue weighted by Gasteiger charge is -2.40. The number of nitrogens with one attached hydrogen (secondary N) is 1. The highest BCUT2D eigenvalue weighted by Crippen LogP contribution is 2.48. The Kier molecular flexibility index (Phi) is 7.63. The van der Waals surface area contributed by atoms with Gasteiger partial charge in [0, 0.05) is 18.3 Å². The summed E-state index contributed by atoms with van der Waals surface area (Å²) in [6.45, 7) is 0. The molecule has 0 bridgehead atoms. The third-order valence-corrected chi connectivity index (χ3v) is 8.65. The van der Waals surface area contributed by atoms with Crippen LogP contribution in [0.4, 0.5) is 31.0 Å². The van der Waals surface area contributed by atoms with Crippen molar-refractivity contribution < 1.29 is 14.0 Å². The van der Waals surface area contributed by atoms with E-state index < -0.39 is 0 Å². The van der Waals surface area contributed by atoms with E-state index in [2.05, 4.69) is 40.0 Å². The molecule has 3 aromatic rings. The van der Waals surface area contributed by atoms with Crippen LogP contribution in [0, 0.1) is 5.82 Å². The van der Waals surface area contributed by atoms with E-state index >= 15 is 0 Å². The van der Waals surface area contributed by atoms with Crippen LogP contribution in [0.25, 0.3) is 0 Å². The van der Waals surface area contributed by atoms with Gasteiger partial charge in [-0.1, -0.05) is 59.0 Å². The number of likely N-dealkylation sites (N-methyl/N-ethyl adjacent to an activating group) is 1. The molecule has 4 rings (SSSR count). The summed E-state index contributed by atoms with van der Waals surface area (Å²) in [7, 11) is 1.81. The molecule has 1 aliphatic rings. The van der Waals surface area contributed by atoms with Crippen LogP contribution in [-0.4, -0.2) is 24.0 Å². The minimum absolute atomic E-state index is 0.0462. The predicted molar refractivity (Wildman–Crippen MR) is 154 cm³/mol. The fourth-order valence-corrected chi connectivity index (χ4v) is 6.10. The van der Waals surface area contributed by atoms with E-state index in [1.807, 2.05) is 89.2 Å². The van der Waals surface area contributed by atoms with Gasteiger partial charge in [0.15, 0.2) is 0 Å². The molecule has 2 atom stereocenters. The molecule has 1 heterocycles. The normalized spacial score (nSPS) is 16.3. The number of hydrogen-bond donors (Lipinski definition) is 1. The Labute approximate surface area is 232 Å². The van der Waals surface area contributed by atoms with Crippen LogP contribution in [0.3, 0.4) is 0 Å². The Morgan fingerprint density at radius 1 is 1.09 bits per heavy atom. The molecular weight excluding hydrogens is 764 g/mol. The first kappa shape index (κ1) is 24.4. The first-order valence-corrected chi connectivity index (χ1v) is 13.0. The van der Waals surface area contributed by atoms with Crippen LogP contribution in [0.2, 0.25) is 0 Å².